The minimum atomic E-state index is -1.25. The summed E-state index contributed by atoms with van der Waals surface area (Å²) in [5.74, 6) is -2.46. The number of halogens is 2. The van der Waals surface area contributed by atoms with E-state index < -0.39 is 40.9 Å². The number of alkyl carbamates (subject to hydrolysis) is 1. The Bertz CT molecular complexity index is 2020. The third-order valence-corrected chi connectivity index (χ3v) is 8.49. The zero-order valence-electron chi connectivity index (χ0n) is 28.6. The second kappa shape index (κ2) is 15.0. The number of hydrogen-bond acceptors (Lipinski definition) is 4. The predicted molar refractivity (Wildman–Crippen MR) is 193 cm³/mol. The number of rotatable bonds is 11. The van der Waals surface area contributed by atoms with Crippen molar-refractivity contribution in [3.8, 4) is 0 Å². The molecule has 0 saturated heterocycles. The number of hydrogen-bond donors (Lipinski definition) is 2. The molecule has 0 spiro atoms. The molecule has 7 nitrogen and oxygen atoms in total. The molecule has 6 aromatic rings. The minimum Gasteiger partial charge on any atom is -0.444 e. The molecule has 0 saturated carbocycles. The van der Waals surface area contributed by atoms with E-state index in [-0.39, 0.29) is 13.0 Å². The van der Waals surface area contributed by atoms with E-state index in [0.29, 0.717) is 5.56 Å². The van der Waals surface area contributed by atoms with Crippen LogP contribution in [0.1, 0.15) is 48.6 Å². The average molecular weight is 688 g/mol. The SMILES string of the molecule is CC(C)(C)OC(=O)NC(Cc1cn(Cc2ccc(F)c(F)c2)c2ccccc12)C(=O)NOC(c1ccccc1)(c1ccccc1)c1ccccc1. The summed E-state index contributed by atoms with van der Waals surface area (Å²) in [6, 6.07) is 39.0. The van der Waals surface area contributed by atoms with Crippen molar-refractivity contribution in [1.29, 1.82) is 0 Å². The van der Waals surface area contributed by atoms with Crippen LogP contribution in [0.3, 0.4) is 0 Å². The van der Waals surface area contributed by atoms with Crippen molar-refractivity contribution in [1.82, 2.24) is 15.4 Å². The summed E-state index contributed by atoms with van der Waals surface area (Å²) in [5, 5.41) is 3.59. The fraction of sp³-hybridized carbons (Fsp3) is 0.190. The lowest BCUT2D eigenvalue weighted by molar-refractivity contribution is -0.145. The summed E-state index contributed by atoms with van der Waals surface area (Å²) in [4.78, 5) is 34.1. The predicted octanol–water partition coefficient (Wildman–Crippen LogP) is 8.44. The highest BCUT2D eigenvalue weighted by atomic mass is 19.2. The maximum atomic E-state index is 14.3. The first-order chi connectivity index (χ1) is 24.5. The second-order valence-corrected chi connectivity index (χ2v) is 13.3. The fourth-order valence-electron chi connectivity index (χ4n) is 6.22. The summed E-state index contributed by atoms with van der Waals surface area (Å²) in [6.45, 7) is 5.48. The van der Waals surface area contributed by atoms with Gasteiger partial charge in [-0.25, -0.2) is 19.1 Å². The largest absolute Gasteiger partial charge is 0.444 e. The van der Waals surface area contributed by atoms with Gasteiger partial charge < -0.3 is 14.6 Å². The molecule has 0 bridgehead atoms. The third kappa shape index (κ3) is 8.00. The van der Waals surface area contributed by atoms with Gasteiger partial charge in [-0.05, 0) is 66.8 Å². The lowest BCUT2D eigenvalue weighted by Gasteiger charge is -2.35. The highest BCUT2D eigenvalue weighted by Crippen LogP contribution is 2.39. The zero-order valence-corrected chi connectivity index (χ0v) is 28.6. The maximum absolute atomic E-state index is 14.3. The van der Waals surface area contributed by atoms with Crippen molar-refractivity contribution in [3.63, 3.8) is 0 Å². The number of hydroxylamine groups is 1. The molecule has 2 amide bonds. The molecule has 1 aromatic heterocycles. The Morgan fingerprint density at radius 1 is 0.725 bits per heavy atom. The smallest absolute Gasteiger partial charge is 0.408 e. The minimum absolute atomic E-state index is 0.0642. The summed E-state index contributed by atoms with van der Waals surface area (Å²) in [6.07, 6.45) is 1.15. The second-order valence-electron chi connectivity index (χ2n) is 13.3. The van der Waals surface area contributed by atoms with E-state index in [1.807, 2.05) is 126 Å². The summed E-state index contributed by atoms with van der Waals surface area (Å²) < 4.78 is 35.2. The van der Waals surface area contributed by atoms with Crippen LogP contribution in [0.25, 0.3) is 10.9 Å². The molecule has 1 atom stereocenters. The molecular weight excluding hydrogens is 648 g/mol. The zero-order chi connectivity index (χ0) is 36.0. The number of nitrogens with one attached hydrogen (secondary N) is 2. The molecule has 0 aliphatic carbocycles. The number of ether oxygens (including phenoxy) is 1. The number of benzene rings is 5. The van der Waals surface area contributed by atoms with Gasteiger partial charge in [-0.3, -0.25) is 9.63 Å². The van der Waals surface area contributed by atoms with Crippen LogP contribution in [-0.4, -0.2) is 28.2 Å². The van der Waals surface area contributed by atoms with Gasteiger partial charge in [0.1, 0.15) is 11.6 Å². The van der Waals surface area contributed by atoms with Gasteiger partial charge in [-0.1, -0.05) is 115 Å². The molecule has 1 unspecified atom stereocenters. The normalized spacial score (nSPS) is 12.3. The van der Waals surface area contributed by atoms with Crippen LogP contribution in [0.15, 0.2) is 140 Å². The van der Waals surface area contributed by atoms with Gasteiger partial charge in [-0.2, -0.15) is 0 Å². The van der Waals surface area contributed by atoms with E-state index >= 15 is 0 Å². The number of carbonyl (C=O) groups excluding carboxylic acids is 2. The number of nitrogens with zero attached hydrogens (tertiary/aromatic N) is 1. The highest BCUT2D eigenvalue weighted by molar-refractivity contribution is 5.88. The highest BCUT2D eigenvalue weighted by Gasteiger charge is 2.40. The molecule has 9 heteroatoms. The Balaban J connectivity index is 1.36. The van der Waals surface area contributed by atoms with Crippen molar-refractivity contribution < 1.29 is 27.9 Å². The Hall–Kier alpha value is -5.80. The van der Waals surface area contributed by atoms with Gasteiger partial charge >= 0.3 is 6.09 Å². The molecule has 51 heavy (non-hydrogen) atoms. The summed E-state index contributed by atoms with van der Waals surface area (Å²) >= 11 is 0. The average Bonchev–Trinajstić information content (AvgIpc) is 3.46. The number of para-hydroxylation sites is 1. The van der Waals surface area contributed by atoms with Crippen molar-refractivity contribution in [2.24, 2.45) is 0 Å². The molecule has 260 valence electrons. The molecule has 0 aliphatic rings. The summed E-state index contributed by atoms with van der Waals surface area (Å²) in [7, 11) is 0. The Labute approximate surface area is 295 Å². The molecule has 2 N–H and O–H groups in total. The molecule has 6 rings (SSSR count). The van der Waals surface area contributed by atoms with Gasteiger partial charge in [0.2, 0.25) is 0 Å². The number of fused-ring (bicyclic) bond motifs is 1. The van der Waals surface area contributed by atoms with E-state index in [2.05, 4.69) is 10.8 Å². The molecule has 0 aliphatic heterocycles. The Morgan fingerprint density at radius 2 is 1.27 bits per heavy atom. The van der Waals surface area contributed by atoms with E-state index in [9.17, 15) is 18.4 Å². The third-order valence-electron chi connectivity index (χ3n) is 8.49. The first-order valence-electron chi connectivity index (χ1n) is 16.7. The van der Waals surface area contributed by atoms with Crippen LogP contribution >= 0.6 is 0 Å². The van der Waals surface area contributed by atoms with Crippen LogP contribution in [0.4, 0.5) is 13.6 Å². The van der Waals surface area contributed by atoms with Crippen molar-refractivity contribution in [2.75, 3.05) is 0 Å². The molecular formula is C42H39F2N3O4. The molecule has 1 heterocycles. The van der Waals surface area contributed by atoms with Crippen LogP contribution in [0.2, 0.25) is 0 Å². The van der Waals surface area contributed by atoms with Crippen molar-refractivity contribution >= 4 is 22.9 Å². The quantitative estimate of drug-likeness (QED) is 0.106. The standard InChI is InChI=1S/C42H39F2N3O4/c1-41(2,3)50-40(49)45-37(26-30-28-47(38-22-14-13-21-34(30)38)27-29-23-24-35(43)36(44)25-29)39(48)46-51-42(31-15-7-4-8-16-31,32-17-9-5-10-18-32)33-19-11-6-12-20-33/h4-25,28,37H,26-27H2,1-3H3,(H,45,49)(H,46,48). The van der Waals surface area contributed by atoms with Crippen LogP contribution < -0.4 is 10.8 Å². The lowest BCUT2D eigenvalue weighted by Crippen LogP contribution is -2.51. The molecule has 0 fully saturated rings. The van der Waals surface area contributed by atoms with Crippen molar-refractivity contribution in [3.05, 3.63) is 179 Å². The Morgan fingerprint density at radius 3 is 1.82 bits per heavy atom. The van der Waals surface area contributed by atoms with Gasteiger partial charge in [0.05, 0.1) is 0 Å². The number of aromatic nitrogens is 1. The van der Waals surface area contributed by atoms with E-state index in [4.69, 9.17) is 9.57 Å². The monoisotopic (exact) mass is 687 g/mol. The lowest BCUT2D eigenvalue weighted by atomic mass is 9.80. The molecule has 5 aromatic carbocycles. The topological polar surface area (TPSA) is 81.6 Å². The van der Waals surface area contributed by atoms with Gasteiger partial charge in [0.25, 0.3) is 5.91 Å². The number of carbonyl (C=O) groups is 2. The maximum Gasteiger partial charge on any atom is 0.408 e. The van der Waals surface area contributed by atoms with Gasteiger partial charge in [0.15, 0.2) is 17.2 Å². The van der Waals surface area contributed by atoms with Crippen LogP contribution in [0, 0.1) is 11.6 Å². The van der Waals surface area contributed by atoms with E-state index in [1.165, 1.54) is 12.1 Å². The molecule has 0 radical (unpaired) electrons. The van der Waals surface area contributed by atoms with Gasteiger partial charge in [-0.15, -0.1) is 0 Å². The van der Waals surface area contributed by atoms with Crippen molar-refractivity contribution in [2.45, 2.75) is 51.0 Å². The van der Waals surface area contributed by atoms with E-state index in [1.54, 1.807) is 20.8 Å². The van der Waals surface area contributed by atoms with E-state index in [0.717, 1.165) is 39.2 Å². The Kier molecular flexibility index (Phi) is 10.3. The first-order valence-corrected chi connectivity index (χ1v) is 16.7. The van der Waals surface area contributed by atoms with Gasteiger partial charge in [0, 0.05) is 30.1 Å². The summed E-state index contributed by atoms with van der Waals surface area (Å²) in [5.41, 5.74) is 5.11. The fourth-order valence-corrected chi connectivity index (χ4v) is 6.22. The van der Waals surface area contributed by atoms with Crippen LogP contribution in [0.5, 0.6) is 0 Å². The number of amides is 2. The van der Waals surface area contributed by atoms with Crippen LogP contribution in [-0.2, 0) is 32.9 Å². The first kappa shape index (κ1) is 35.0.